The van der Waals surface area contributed by atoms with E-state index in [1.807, 2.05) is 37.3 Å². The molecule has 2 aromatic rings. The summed E-state index contributed by atoms with van der Waals surface area (Å²) in [7, 11) is -3.48. The number of benzene rings is 2. The fraction of sp³-hybridized carbons (Fsp3) is 0.316. The SMILES string of the molecule is Cc1ccc(NC(=O)CN(CCCc2ccccc2)S(C)(=O)=O)cc1Cl. The second kappa shape index (κ2) is 9.16. The van der Waals surface area contributed by atoms with Crippen molar-refractivity contribution in [1.29, 1.82) is 0 Å². The van der Waals surface area contributed by atoms with Gasteiger partial charge >= 0.3 is 0 Å². The van der Waals surface area contributed by atoms with Crippen molar-refractivity contribution >= 4 is 33.2 Å². The van der Waals surface area contributed by atoms with Crippen molar-refractivity contribution in [3.05, 3.63) is 64.7 Å². The van der Waals surface area contributed by atoms with E-state index in [2.05, 4.69) is 5.32 Å². The van der Waals surface area contributed by atoms with Gasteiger partial charge in [0.1, 0.15) is 0 Å². The molecule has 0 radical (unpaired) electrons. The van der Waals surface area contributed by atoms with Crippen molar-refractivity contribution in [3.8, 4) is 0 Å². The Morgan fingerprint density at radius 1 is 1.15 bits per heavy atom. The van der Waals surface area contributed by atoms with E-state index >= 15 is 0 Å². The first-order valence-electron chi connectivity index (χ1n) is 8.31. The summed E-state index contributed by atoms with van der Waals surface area (Å²) in [6, 6.07) is 15.0. The van der Waals surface area contributed by atoms with Crippen LogP contribution in [0.15, 0.2) is 48.5 Å². The van der Waals surface area contributed by atoms with Crippen molar-refractivity contribution < 1.29 is 13.2 Å². The van der Waals surface area contributed by atoms with E-state index < -0.39 is 15.9 Å². The molecule has 2 aromatic carbocycles. The average Bonchev–Trinajstić information content (AvgIpc) is 2.57. The second-order valence-corrected chi connectivity index (χ2v) is 8.59. The molecule has 0 spiro atoms. The average molecular weight is 395 g/mol. The van der Waals surface area contributed by atoms with Crippen LogP contribution in [0.25, 0.3) is 0 Å². The molecule has 0 bridgehead atoms. The van der Waals surface area contributed by atoms with E-state index in [0.717, 1.165) is 23.8 Å². The lowest BCUT2D eigenvalue weighted by Gasteiger charge is -2.19. The predicted octanol–water partition coefficient (Wildman–Crippen LogP) is 3.48. The van der Waals surface area contributed by atoms with E-state index in [0.29, 0.717) is 17.1 Å². The second-order valence-electron chi connectivity index (χ2n) is 6.20. The Morgan fingerprint density at radius 2 is 1.85 bits per heavy atom. The van der Waals surface area contributed by atoms with Gasteiger partial charge in [-0.3, -0.25) is 4.79 Å². The Bertz CT molecular complexity index is 854. The highest BCUT2D eigenvalue weighted by molar-refractivity contribution is 7.88. The molecule has 7 heteroatoms. The number of carbonyl (C=O) groups is 1. The van der Waals surface area contributed by atoms with Crippen molar-refractivity contribution in [1.82, 2.24) is 4.31 Å². The molecule has 0 atom stereocenters. The zero-order valence-corrected chi connectivity index (χ0v) is 16.5. The van der Waals surface area contributed by atoms with Crippen LogP contribution in [0.2, 0.25) is 5.02 Å². The van der Waals surface area contributed by atoms with Crippen LogP contribution in [0.1, 0.15) is 17.5 Å². The van der Waals surface area contributed by atoms with Crippen LogP contribution in [0.3, 0.4) is 0 Å². The summed E-state index contributed by atoms with van der Waals surface area (Å²) < 4.78 is 25.2. The number of halogens is 1. The molecule has 0 unspecified atom stereocenters. The van der Waals surface area contributed by atoms with E-state index in [9.17, 15) is 13.2 Å². The van der Waals surface area contributed by atoms with Gasteiger partial charge in [0.2, 0.25) is 15.9 Å². The van der Waals surface area contributed by atoms with E-state index in [1.54, 1.807) is 18.2 Å². The van der Waals surface area contributed by atoms with Gasteiger partial charge in [0.15, 0.2) is 0 Å². The van der Waals surface area contributed by atoms with Gasteiger partial charge in [-0.05, 0) is 43.0 Å². The van der Waals surface area contributed by atoms with Gasteiger partial charge in [-0.1, -0.05) is 48.0 Å². The Balaban J connectivity index is 1.94. The van der Waals surface area contributed by atoms with Gasteiger partial charge in [-0.15, -0.1) is 0 Å². The molecule has 1 amide bonds. The molecule has 140 valence electrons. The largest absolute Gasteiger partial charge is 0.325 e. The number of carbonyl (C=O) groups excluding carboxylic acids is 1. The number of aryl methyl sites for hydroxylation is 2. The molecule has 0 aliphatic rings. The number of rotatable bonds is 8. The highest BCUT2D eigenvalue weighted by Crippen LogP contribution is 2.20. The van der Waals surface area contributed by atoms with Crippen molar-refractivity contribution in [2.75, 3.05) is 24.7 Å². The normalized spacial score (nSPS) is 11.5. The lowest BCUT2D eigenvalue weighted by atomic mass is 10.1. The minimum absolute atomic E-state index is 0.223. The molecular weight excluding hydrogens is 372 g/mol. The minimum Gasteiger partial charge on any atom is -0.325 e. The Hall–Kier alpha value is -1.89. The molecule has 0 heterocycles. The number of anilines is 1. The molecule has 5 nitrogen and oxygen atoms in total. The summed E-state index contributed by atoms with van der Waals surface area (Å²) >= 11 is 6.04. The van der Waals surface area contributed by atoms with Gasteiger partial charge in [-0.2, -0.15) is 4.31 Å². The number of sulfonamides is 1. The van der Waals surface area contributed by atoms with Crippen molar-refractivity contribution in [2.24, 2.45) is 0 Å². The summed E-state index contributed by atoms with van der Waals surface area (Å²) in [4.78, 5) is 12.2. The van der Waals surface area contributed by atoms with Crippen LogP contribution >= 0.6 is 11.6 Å². The maximum Gasteiger partial charge on any atom is 0.239 e. The number of nitrogens with zero attached hydrogens (tertiary/aromatic N) is 1. The zero-order chi connectivity index (χ0) is 19.2. The van der Waals surface area contributed by atoms with Gasteiger partial charge < -0.3 is 5.32 Å². The van der Waals surface area contributed by atoms with Crippen LogP contribution in [0.5, 0.6) is 0 Å². The van der Waals surface area contributed by atoms with Gasteiger partial charge in [-0.25, -0.2) is 8.42 Å². The van der Waals surface area contributed by atoms with Crippen LogP contribution in [-0.2, 0) is 21.2 Å². The van der Waals surface area contributed by atoms with Crippen LogP contribution in [0.4, 0.5) is 5.69 Å². The molecule has 0 aliphatic carbocycles. The first-order chi connectivity index (χ1) is 12.3. The highest BCUT2D eigenvalue weighted by Gasteiger charge is 2.20. The summed E-state index contributed by atoms with van der Waals surface area (Å²) in [5.41, 5.74) is 2.59. The van der Waals surface area contributed by atoms with Crippen molar-refractivity contribution in [2.45, 2.75) is 19.8 Å². The Kier molecular flexibility index (Phi) is 7.20. The molecular formula is C19H23ClN2O3S. The fourth-order valence-electron chi connectivity index (χ4n) is 2.50. The molecule has 0 aromatic heterocycles. The van der Waals surface area contributed by atoms with E-state index in [4.69, 9.17) is 11.6 Å². The quantitative estimate of drug-likeness (QED) is 0.745. The number of hydrogen-bond donors (Lipinski definition) is 1. The molecule has 0 saturated heterocycles. The lowest BCUT2D eigenvalue weighted by molar-refractivity contribution is -0.116. The maximum atomic E-state index is 12.2. The zero-order valence-electron chi connectivity index (χ0n) is 14.9. The first kappa shape index (κ1) is 20.4. The van der Waals surface area contributed by atoms with Crippen LogP contribution in [-0.4, -0.2) is 38.0 Å². The smallest absolute Gasteiger partial charge is 0.239 e. The Morgan fingerprint density at radius 3 is 2.46 bits per heavy atom. The minimum atomic E-state index is -3.48. The topological polar surface area (TPSA) is 66.5 Å². The third-order valence-electron chi connectivity index (χ3n) is 3.96. The van der Waals surface area contributed by atoms with E-state index in [-0.39, 0.29) is 13.1 Å². The van der Waals surface area contributed by atoms with E-state index in [1.165, 1.54) is 4.31 Å². The first-order valence-corrected chi connectivity index (χ1v) is 10.5. The molecule has 26 heavy (non-hydrogen) atoms. The number of hydrogen-bond acceptors (Lipinski definition) is 3. The molecule has 2 rings (SSSR count). The van der Waals surface area contributed by atoms with Crippen LogP contribution < -0.4 is 5.32 Å². The monoisotopic (exact) mass is 394 g/mol. The summed E-state index contributed by atoms with van der Waals surface area (Å²) in [5, 5.41) is 3.24. The fourth-order valence-corrected chi connectivity index (χ4v) is 3.49. The number of nitrogens with one attached hydrogen (secondary N) is 1. The summed E-state index contributed by atoms with van der Waals surface area (Å²) in [6.07, 6.45) is 2.51. The predicted molar refractivity (Wildman–Crippen MR) is 106 cm³/mol. The molecule has 0 fully saturated rings. The summed E-state index contributed by atoms with van der Waals surface area (Å²) in [5.74, 6) is -0.393. The molecule has 1 N–H and O–H groups in total. The summed E-state index contributed by atoms with van der Waals surface area (Å²) in [6.45, 7) is 1.93. The molecule has 0 saturated carbocycles. The Labute approximate surface area is 160 Å². The third-order valence-corrected chi connectivity index (χ3v) is 5.62. The maximum absolute atomic E-state index is 12.2. The third kappa shape index (κ3) is 6.44. The number of amides is 1. The standard InChI is InChI=1S/C19H23ClN2O3S/c1-15-10-11-17(13-18(15)20)21-19(23)14-22(26(2,24)25)12-6-9-16-7-4-3-5-8-16/h3-5,7-8,10-11,13H,6,9,12,14H2,1-2H3,(H,21,23). The lowest BCUT2D eigenvalue weighted by Crippen LogP contribution is -2.38. The van der Waals surface area contributed by atoms with Crippen molar-refractivity contribution in [3.63, 3.8) is 0 Å². The van der Waals surface area contributed by atoms with Crippen LogP contribution in [0, 0.1) is 6.92 Å². The van der Waals surface area contributed by atoms with Gasteiger partial charge in [0, 0.05) is 17.3 Å². The van der Waals surface area contributed by atoms with Gasteiger partial charge in [0.05, 0.1) is 12.8 Å². The highest BCUT2D eigenvalue weighted by atomic mass is 35.5. The van der Waals surface area contributed by atoms with Gasteiger partial charge in [0.25, 0.3) is 0 Å². The molecule has 0 aliphatic heterocycles.